The summed E-state index contributed by atoms with van der Waals surface area (Å²) in [6, 6.07) is 75.5. The Morgan fingerprint density at radius 2 is 0.879 bits per heavy atom. The zero-order valence-electron chi connectivity index (χ0n) is 32.5. The summed E-state index contributed by atoms with van der Waals surface area (Å²) in [5, 5.41) is 14.7. The molecule has 1 aliphatic carbocycles. The third kappa shape index (κ3) is 4.83. The van der Waals surface area contributed by atoms with Gasteiger partial charge in [0.2, 0.25) is 0 Å². The minimum Gasteiger partial charge on any atom is -0.0772 e. The van der Waals surface area contributed by atoms with Crippen molar-refractivity contribution in [2.75, 3.05) is 0 Å². The van der Waals surface area contributed by atoms with Gasteiger partial charge in [-0.25, -0.2) is 0 Å². The van der Waals surface area contributed by atoms with Gasteiger partial charge in [0, 0.05) is 15.7 Å². The van der Waals surface area contributed by atoms with Crippen LogP contribution in [-0.4, -0.2) is 0 Å². The Labute approximate surface area is 339 Å². The fraction of sp³-hybridized carbons (Fsp3) is 0.0526. The van der Waals surface area contributed by atoms with E-state index >= 15 is 0 Å². The van der Waals surface area contributed by atoms with Crippen molar-refractivity contribution in [2.24, 2.45) is 0 Å². The third-order valence-electron chi connectivity index (χ3n) is 13.0. The van der Waals surface area contributed by atoms with E-state index in [1.54, 1.807) is 0 Å². The van der Waals surface area contributed by atoms with Crippen LogP contribution in [-0.2, 0) is 5.41 Å². The zero-order chi connectivity index (χ0) is 38.5. The van der Waals surface area contributed by atoms with Crippen LogP contribution in [0.25, 0.3) is 103 Å². The maximum Gasteiger partial charge on any atom is 0.0159 e. The topological polar surface area (TPSA) is 0 Å². The number of hydrogen-bond donors (Lipinski definition) is 0. The van der Waals surface area contributed by atoms with Crippen molar-refractivity contribution in [3.05, 3.63) is 211 Å². The van der Waals surface area contributed by atoms with Crippen LogP contribution in [0.1, 0.15) is 25.0 Å². The molecule has 0 fully saturated rings. The molecule has 0 saturated carbocycles. The fourth-order valence-corrected chi connectivity index (χ4v) is 12.9. The van der Waals surface area contributed by atoms with Crippen molar-refractivity contribution < 1.29 is 0 Å². The van der Waals surface area contributed by atoms with Crippen LogP contribution in [0.4, 0.5) is 0 Å². The van der Waals surface area contributed by atoms with Gasteiger partial charge in [-0.3, -0.25) is 0 Å². The van der Waals surface area contributed by atoms with Crippen molar-refractivity contribution in [3.8, 4) is 49.8 Å². The van der Waals surface area contributed by atoms with Gasteiger partial charge in [0.15, 0.2) is 0 Å². The summed E-state index contributed by atoms with van der Waals surface area (Å²) >= 11 is 0. The van der Waals surface area contributed by atoms with Gasteiger partial charge in [-0.2, -0.15) is 0 Å². The molecule has 0 radical (unpaired) electrons. The van der Waals surface area contributed by atoms with Crippen LogP contribution in [0.15, 0.2) is 200 Å². The van der Waals surface area contributed by atoms with Crippen LogP contribution >= 0.6 is 7.53 Å². The minimum absolute atomic E-state index is 0.0958. The predicted molar refractivity (Wildman–Crippen MR) is 252 cm³/mol. The molecule has 10 aromatic carbocycles. The van der Waals surface area contributed by atoms with E-state index < -0.39 is 7.53 Å². The quantitative estimate of drug-likeness (QED) is 0.157. The lowest BCUT2D eigenvalue weighted by Crippen LogP contribution is -2.14. The van der Waals surface area contributed by atoms with Crippen molar-refractivity contribution in [2.45, 2.75) is 19.3 Å². The number of rotatable bonds is 4. The first-order valence-corrected chi connectivity index (χ1v) is 21.7. The van der Waals surface area contributed by atoms with Gasteiger partial charge in [-0.1, -0.05) is 197 Å². The lowest BCUT2D eigenvalue weighted by atomic mass is 9.80. The Morgan fingerprint density at radius 3 is 1.72 bits per heavy atom. The first-order valence-electron chi connectivity index (χ1n) is 20.3. The molecule has 0 spiro atoms. The second-order valence-electron chi connectivity index (χ2n) is 16.4. The Kier molecular flexibility index (Phi) is 7.28. The summed E-state index contributed by atoms with van der Waals surface area (Å²) in [4.78, 5) is 0. The molecule has 272 valence electrons. The van der Waals surface area contributed by atoms with Crippen LogP contribution < -0.4 is 0 Å². The van der Waals surface area contributed by atoms with E-state index in [4.69, 9.17) is 0 Å². The maximum atomic E-state index is 2.50. The van der Waals surface area contributed by atoms with Crippen LogP contribution in [0.3, 0.4) is 0 Å². The average molecular weight is 755 g/mol. The van der Waals surface area contributed by atoms with E-state index in [9.17, 15) is 0 Å². The van der Waals surface area contributed by atoms with E-state index in [1.807, 2.05) is 0 Å². The fourth-order valence-electron chi connectivity index (χ4n) is 10.3. The van der Waals surface area contributed by atoms with Gasteiger partial charge in [0.25, 0.3) is 0 Å². The molecule has 0 bridgehead atoms. The summed E-state index contributed by atoms with van der Waals surface area (Å²) in [7, 11) is -0.630. The number of fused-ring (bicyclic) bond motifs is 9. The summed E-state index contributed by atoms with van der Waals surface area (Å²) < 4.78 is 0. The molecule has 11 aromatic rings. The maximum absolute atomic E-state index is 2.50. The number of hydrogen-bond acceptors (Lipinski definition) is 0. The molecular weight excluding hydrogens is 716 g/mol. The van der Waals surface area contributed by atoms with Gasteiger partial charge >= 0.3 is 0 Å². The first-order chi connectivity index (χ1) is 28.5. The van der Waals surface area contributed by atoms with Crippen molar-refractivity contribution >= 4 is 60.9 Å². The third-order valence-corrected chi connectivity index (χ3v) is 15.5. The summed E-state index contributed by atoms with van der Waals surface area (Å²) in [5.41, 5.74) is 13.0. The Bertz CT molecular complexity index is 3470. The molecule has 1 unspecified atom stereocenters. The normalized spacial score (nSPS) is 13.4. The highest BCUT2D eigenvalue weighted by molar-refractivity contribution is 7.67. The molecule has 0 amide bonds. The summed E-state index contributed by atoms with van der Waals surface area (Å²) in [6.07, 6.45) is 0. The lowest BCUT2D eigenvalue weighted by Gasteiger charge is -2.23. The molecule has 1 heterocycles. The van der Waals surface area contributed by atoms with Crippen LogP contribution in [0.5, 0.6) is 0 Å². The van der Waals surface area contributed by atoms with Gasteiger partial charge < -0.3 is 0 Å². The van der Waals surface area contributed by atoms with Crippen LogP contribution in [0, 0.1) is 0 Å². The second-order valence-corrected chi connectivity index (χ2v) is 18.6. The zero-order valence-corrected chi connectivity index (χ0v) is 33.4. The second kappa shape index (κ2) is 12.6. The molecule has 1 heteroatoms. The smallest absolute Gasteiger partial charge is 0.0159 e. The molecule has 0 saturated heterocycles. The molecule has 0 N–H and O–H groups in total. The summed E-state index contributed by atoms with van der Waals surface area (Å²) in [6.45, 7) is 4.77. The van der Waals surface area contributed by atoms with Crippen molar-refractivity contribution in [1.29, 1.82) is 0 Å². The molecule has 0 nitrogen and oxygen atoms in total. The van der Waals surface area contributed by atoms with E-state index in [2.05, 4.69) is 214 Å². The van der Waals surface area contributed by atoms with E-state index in [-0.39, 0.29) is 5.41 Å². The first kappa shape index (κ1) is 33.4. The predicted octanol–water partition coefficient (Wildman–Crippen LogP) is 16.7. The van der Waals surface area contributed by atoms with Gasteiger partial charge in [-0.15, -0.1) is 0 Å². The monoisotopic (exact) mass is 754 g/mol. The highest BCUT2D eigenvalue weighted by Crippen LogP contribution is 2.56. The standard InChI is InChI=1S/C57H39P/c1-57(2)51-25-12-10-20-43(51)44-30-28-39(35-52(44)57)56-47-23-9-8-22-46(47)55(48-31-27-37(33-50(48)56)42-24-14-16-36-15-6-7-19-41(36)42)38-29-32-54-49(34-38)45-21-11-13-26-53(45)58(54)40-17-4-3-5-18-40/h3-35H,1-2H3. The van der Waals surface area contributed by atoms with Gasteiger partial charge in [0.1, 0.15) is 0 Å². The molecule has 12 rings (SSSR count). The Morgan fingerprint density at radius 1 is 0.328 bits per heavy atom. The largest absolute Gasteiger partial charge is 0.0772 e. The Hall–Kier alpha value is -6.72. The summed E-state index contributed by atoms with van der Waals surface area (Å²) in [5.74, 6) is 0. The SMILES string of the molecule is CC1(C)c2ccccc2-c2ccc(-c3c4ccccc4c(-c4ccc5c(c4)c4ccccc4p5-c4ccccc4)c4ccc(-c5cccc6ccccc56)cc34)cc21. The van der Waals surface area contributed by atoms with E-state index in [0.29, 0.717) is 0 Å². The molecule has 1 aromatic heterocycles. The highest BCUT2D eigenvalue weighted by atomic mass is 31.1. The van der Waals surface area contributed by atoms with Crippen molar-refractivity contribution in [1.82, 2.24) is 0 Å². The lowest BCUT2D eigenvalue weighted by molar-refractivity contribution is 0.660. The van der Waals surface area contributed by atoms with E-state index in [0.717, 1.165) is 0 Å². The molecule has 1 atom stereocenters. The Balaban J connectivity index is 1.17. The van der Waals surface area contributed by atoms with Gasteiger partial charge in [-0.05, 0) is 128 Å². The molecule has 1 aliphatic rings. The number of benzene rings is 10. The van der Waals surface area contributed by atoms with Crippen molar-refractivity contribution in [3.63, 3.8) is 0 Å². The molecule has 0 aliphatic heterocycles. The molecular formula is C57H39P. The van der Waals surface area contributed by atoms with Gasteiger partial charge in [0.05, 0.1) is 0 Å². The highest BCUT2D eigenvalue weighted by Gasteiger charge is 2.35. The molecule has 58 heavy (non-hydrogen) atoms. The average Bonchev–Trinajstić information content (AvgIpc) is 3.73. The minimum atomic E-state index is -0.630. The van der Waals surface area contributed by atoms with Crippen LogP contribution in [0.2, 0.25) is 0 Å². The van der Waals surface area contributed by atoms with E-state index in [1.165, 1.54) is 114 Å².